The molecule has 2 rings (SSSR count). The molecule has 0 bridgehead atoms. The van der Waals surface area contributed by atoms with Gasteiger partial charge in [0.1, 0.15) is 5.75 Å². The summed E-state index contributed by atoms with van der Waals surface area (Å²) in [5.74, 6) is 1.04. The van der Waals surface area contributed by atoms with Crippen LogP contribution in [0, 0.1) is 5.92 Å². The van der Waals surface area contributed by atoms with E-state index in [2.05, 4.69) is 6.92 Å². The van der Waals surface area contributed by atoms with E-state index in [0.29, 0.717) is 36.8 Å². The molecule has 4 heteroatoms. The summed E-state index contributed by atoms with van der Waals surface area (Å²) in [5.41, 5.74) is 0.561. The zero-order valence-corrected chi connectivity index (χ0v) is 12.8. The fraction of sp³-hybridized carbons (Fsp3) is 0.529. The number of nitrogens with zero attached hydrogens (tertiary/aromatic N) is 1. The summed E-state index contributed by atoms with van der Waals surface area (Å²) in [5, 5.41) is 0. The first-order chi connectivity index (χ1) is 10.2. The number of hydrogen-bond acceptors (Lipinski definition) is 3. The lowest BCUT2D eigenvalue weighted by atomic mass is 10.0. The molecule has 0 aromatic heterocycles. The number of ketones is 1. The number of amides is 1. The largest absolute Gasteiger partial charge is 0.493 e. The van der Waals surface area contributed by atoms with Crippen molar-refractivity contribution in [2.45, 2.75) is 33.1 Å². The third kappa shape index (κ3) is 3.84. The van der Waals surface area contributed by atoms with E-state index in [1.165, 1.54) is 0 Å². The van der Waals surface area contributed by atoms with E-state index in [9.17, 15) is 9.59 Å². The number of rotatable bonds is 7. The first kappa shape index (κ1) is 15.5. The Morgan fingerprint density at radius 2 is 2.10 bits per heavy atom. The van der Waals surface area contributed by atoms with Gasteiger partial charge >= 0.3 is 0 Å². The minimum atomic E-state index is -0.0513. The Hall–Kier alpha value is -1.84. The Morgan fingerprint density at radius 1 is 1.33 bits per heavy atom. The van der Waals surface area contributed by atoms with E-state index < -0.39 is 0 Å². The molecule has 1 unspecified atom stereocenters. The van der Waals surface area contributed by atoms with E-state index in [1.54, 1.807) is 17.0 Å². The molecule has 1 aromatic carbocycles. The Morgan fingerprint density at radius 3 is 2.81 bits per heavy atom. The highest BCUT2D eigenvalue weighted by Gasteiger charge is 2.30. The van der Waals surface area contributed by atoms with Crippen molar-refractivity contribution in [3.05, 3.63) is 29.8 Å². The van der Waals surface area contributed by atoms with Crippen LogP contribution in [0.4, 0.5) is 0 Å². The van der Waals surface area contributed by atoms with Crippen LogP contribution in [0.5, 0.6) is 5.75 Å². The highest BCUT2D eigenvalue weighted by Crippen LogP contribution is 2.24. The average Bonchev–Trinajstić information content (AvgIpc) is 2.80. The molecule has 1 aliphatic rings. The van der Waals surface area contributed by atoms with Crippen LogP contribution in [0.3, 0.4) is 0 Å². The summed E-state index contributed by atoms with van der Waals surface area (Å²) in [6.45, 7) is 5.39. The summed E-state index contributed by atoms with van der Waals surface area (Å²) in [4.78, 5) is 26.1. The molecule has 1 fully saturated rings. The maximum atomic E-state index is 12.4. The molecule has 1 aromatic rings. The monoisotopic (exact) mass is 289 g/mol. The Labute approximate surface area is 126 Å². The van der Waals surface area contributed by atoms with Gasteiger partial charge in [-0.1, -0.05) is 25.5 Å². The Balaban J connectivity index is 2.03. The van der Waals surface area contributed by atoms with E-state index in [1.807, 2.05) is 19.1 Å². The molecule has 1 heterocycles. The van der Waals surface area contributed by atoms with E-state index in [-0.39, 0.29) is 18.2 Å². The minimum absolute atomic E-state index is 0.0513. The van der Waals surface area contributed by atoms with Crippen LogP contribution in [-0.2, 0) is 4.79 Å². The van der Waals surface area contributed by atoms with Crippen molar-refractivity contribution in [1.82, 2.24) is 4.90 Å². The molecule has 0 spiro atoms. The summed E-state index contributed by atoms with van der Waals surface area (Å²) >= 11 is 0. The minimum Gasteiger partial charge on any atom is -0.493 e. The van der Waals surface area contributed by atoms with Gasteiger partial charge in [-0.15, -0.1) is 0 Å². The average molecular weight is 289 g/mol. The first-order valence-electron chi connectivity index (χ1n) is 7.68. The number of carbonyl (C=O) groups excluding carboxylic acids is 2. The van der Waals surface area contributed by atoms with Crippen molar-refractivity contribution < 1.29 is 14.3 Å². The molecule has 1 saturated heterocycles. The molecule has 114 valence electrons. The van der Waals surface area contributed by atoms with Gasteiger partial charge in [0.15, 0.2) is 5.78 Å². The number of carbonyl (C=O) groups is 2. The number of likely N-dealkylation sites (tertiary alicyclic amines) is 1. The Kier molecular flexibility index (Phi) is 5.37. The van der Waals surface area contributed by atoms with E-state index >= 15 is 0 Å². The summed E-state index contributed by atoms with van der Waals surface area (Å²) in [6.07, 6.45) is 2.70. The van der Waals surface area contributed by atoms with Crippen LogP contribution in [0.2, 0.25) is 0 Å². The van der Waals surface area contributed by atoms with Crippen LogP contribution < -0.4 is 4.74 Å². The molecule has 0 N–H and O–H groups in total. The number of ether oxygens (including phenoxy) is 1. The highest BCUT2D eigenvalue weighted by atomic mass is 16.5. The van der Waals surface area contributed by atoms with Gasteiger partial charge < -0.3 is 9.64 Å². The number of benzene rings is 1. The van der Waals surface area contributed by atoms with Gasteiger partial charge in [0.25, 0.3) is 0 Å². The fourth-order valence-electron chi connectivity index (χ4n) is 2.85. The lowest BCUT2D eigenvalue weighted by Crippen LogP contribution is -2.31. The number of para-hydroxylation sites is 1. The van der Waals surface area contributed by atoms with Crippen molar-refractivity contribution in [3.8, 4) is 5.75 Å². The normalized spacial score (nSPS) is 18.1. The van der Waals surface area contributed by atoms with Gasteiger partial charge in [-0.25, -0.2) is 0 Å². The van der Waals surface area contributed by atoms with Crippen molar-refractivity contribution >= 4 is 11.7 Å². The third-order valence-electron chi connectivity index (χ3n) is 3.81. The second kappa shape index (κ2) is 7.25. The summed E-state index contributed by atoms with van der Waals surface area (Å²) in [6, 6.07) is 7.22. The fourth-order valence-corrected chi connectivity index (χ4v) is 2.85. The summed E-state index contributed by atoms with van der Waals surface area (Å²) < 4.78 is 5.48. The standard InChI is InChI=1S/C17H23NO3/c1-3-7-13-10-17(20)18(11-13)12-15(19)14-8-5-6-9-16(14)21-4-2/h5-6,8-9,13H,3-4,7,10-12H2,1-2H3. The highest BCUT2D eigenvalue weighted by molar-refractivity contribution is 6.01. The van der Waals surface area contributed by atoms with Crippen LogP contribution in [0.25, 0.3) is 0 Å². The third-order valence-corrected chi connectivity index (χ3v) is 3.81. The van der Waals surface area contributed by atoms with E-state index in [0.717, 1.165) is 12.8 Å². The zero-order valence-electron chi connectivity index (χ0n) is 12.8. The van der Waals surface area contributed by atoms with Gasteiger partial charge in [0, 0.05) is 13.0 Å². The smallest absolute Gasteiger partial charge is 0.223 e. The Bertz CT molecular complexity index is 513. The molecule has 1 atom stereocenters. The lowest BCUT2D eigenvalue weighted by molar-refractivity contribution is -0.127. The van der Waals surface area contributed by atoms with Crippen molar-refractivity contribution in [1.29, 1.82) is 0 Å². The second-order valence-electron chi connectivity index (χ2n) is 5.49. The number of hydrogen-bond donors (Lipinski definition) is 0. The molecule has 0 radical (unpaired) electrons. The number of Topliss-reactive ketones (excluding diaryl/α,β-unsaturated/α-hetero) is 1. The summed E-state index contributed by atoms with van der Waals surface area (Å²) in [7, 11) is 0. The predicted octanol–water partition coefficient (Wildman–Crippen LogP) is 2.92. The molecule has 4 nitrogen and oxygen atoms in total. The maximum Gasteiger partial charge on any atom is 0.223 e. The predicted molar refractivity (Wildman–Crippen MR) is 81.5 cm³/mol. The van der Waals surface area contributed by atoms with Gasteiger partial charge in [-0.2, -0.15) is 0 Å². The molecule has 0 aliphatic carbocycles. The van der Waals surface area contributed by atoms with Crippen molar-refractivity contribution in [2.75, 3.05) is 19.7 Å². The molecular formula is C17H23NO3. The lowest BCUT2D eigenvalue weighted by Gasteiger charge is -2.17. The van der Waals surface area contributed by atoms with Gasteiger partial charge in [-0.3, -0.25) is 9.59 Å². The van der Waals surface area contributed by atoms with Crippen molar-refractivity contribution in [3.63, 3.8) is 0 Å². The molecular weight excluding hydrogens is 266 g/mol. The van der Waals surface area contributed by atoms with Crippen LogP contribution in [0.1, 0.15) is 43.5 Å². The van der Waals surface area contributed by atoms with Crippen molar-refractivity contribution in [2.24, 2.45) is 5.92 Å². The molecule has 1 aliphatic heterocycles. The van der Waals surface area contributed by atoms with Gasteiger partial charge in [0.2, 0.25) is 5.91 Å². The second-order valence-corrected chi connectivity index (χ2v) is 5.49. The van der Waals surface area contributed by atoms with Gasteiger partial charge in [-0.05, 0) is 31.4 Å². The van der Waals surface area contributed by atoms with Crippen LogP contribution >= 0.6 is 0 Å². The first-order valence-corrected chi connectivity index (χ1v) is 7.68. The molecule has 1 amide bonds. The zero-order chi connectivity index (χ0) is 15.2. The van der Waals surface area contributed by atoms with Crippen LogP contribution in [0.15, 0.2) is 24.3 Å². The molecule has 0 saturated carbocycles. The van der Waals surface area contributed by atoms with E-state index in [4.69, 9.17) is 4.74 Å². The van der Waals surface area contributed by atoms with Crippen LogP contribution in [-0.4, -0.2) is 36.3 Å². The molecule has 21 heavy (non-hydrogen) atoms. The van der Waals surface area contributed by atoms with Gasteiger partial charge in [0.05, 0.1) is 18.7 Å². The SMILES string of the molecule is CCCC1CC(=O)N(CC(=O)c2ccccc2OCC)C1. The maximum absolute atomic E-state index is 12.4. The quantitative estimate of drug-likeness (QED) is 0.725. The topological polar surface area (TPSA) is 46.6 Å².